The van der Waals surface area contributed by atoms with Gasteiger partial charge in [0.1, 0.15) is 37.9 Å². The van der Waals surface area contributed by atoms with Gasteiger partial charge in [-0.3, -0.25) is 0 Å². The van der Waals surface area contributed by atoms with Crippen molar-refractivity contribution in [3.8, 4) is 22.6 Å². The minimum Gasteiger partial charge on any atom is -0.490 e. The molecular weight excluding hydrogens is 596 g/mol. The van der Waals surface area contributed by atoms with Crippen LogP contribution in [0.1, 0.15) is 55.7 Å². The van der Waals surface area contributed by atoms with Gasteiger partial charge in [-0.15, -0.1) is 0 Å². The predicted octanol–water partition coefficient (Wildman–Crippen LogP) is 6.98. The Balaban J connectivity index is 1.62. The summed E-state index contributed by atoms with van der Waals surface area (Å²) in [5, 5.41) is 17.9. The third-order valence-electron chi connectivity index (χ3n) is 7.32. The molecule has 47 heavy (non-hydrogen) atoms. The van der Waals surface area contributed by atoms with Crippen LogP contribution in [-0.4, -0.2) is 61.8 Å². The van der Waals surface area contributed by atoms with E-state index < -0.39 is 25.2 Å². The van der Waals surface area contributed by atoms with E-state index in [9.17, 15) is 9.59 Å². The number of unbranched alkanes of at least 4 members (excludes halogenated alkanes) is 4. The summed E-state index contributed by atoms with van der Waals surface area (Å²) in [6, 6.07) is 22.1. The highest BCUT2D eigenvalue weighted by Crippen LogP contribution is 2.29. The lowest BCUT2D eigenvalue weighted by Gasteiger charge is -2.13. The molecule has 0 aliphatic heterocycles. The highest BCUT2D eigenvalue weighted by Gasteiger charge is 2.10. The van der Waals surface area contributed by atoms with Gasteiger partial charge in [-0.05, 0) is 64.9 Å². The Bertz CT molecular complexity index is 1470. The molecule has 0 aliphatic carbocycles. The van der Waals surface area contributed by atoms with Crippen LogP contribution in [0.4, 0.5) is 0 Å². The molecule has 0 unspecified atom stereocenters. The van der Waals surface area contributed by atoms with Crippen LogP contribution in [0, 0.1) is 0 Å². The number of carbonyl (C=O) groups excluding carboxylic acids is 2. The quantitative estimate of drug-likeness (QED) is 0.0554. The summed E-state index contributed by atoms with van der Waals surface area (Å²) < 4.78 is 21.4. The number of benzene rings is 3. The van der Waals surface area contributed by atoms with E-state index in [2.05, 4.69) is 50.4 Å². The number of ether oxygens (including phenoxy) is 4. The molecule has 0 spiro atoms. The molecule has 3 aromatic carbocycles. The zero-order valence-corrected chi connectivity index (χ0v) is 27.2. The van der Waals surface area contributed by atoms with Crippen LogP contribution in [0.25, 0.3) is 23.3 Å². The first kappa shape index (κ1) is 36.8. The first-order chi connectivity index (χ1) is 22.8. The van der Waals surface area contributed by atoms with Crippen LogP contribution >= 0.6 is 0 Å². The fraction of sp³-hybridized carbons (Fsp3) is 0.333. The van der Waals surface area contributed by atoms with Crippen molar-refractivity contribution in [2.45, 2.75) is 45.4 Å². The summed E-state index contributed by atoms with van der Waals surface area (Å²) in [4.78, 5) is 23.2. The summed E-state index contributed by atoms with van der Waals surface area (Å²) in [7, 11) is 0. The van der Waals surface area contributed by atoms with E-state index >= 15 is 0 Å². The van der Waals surface area contributed by atoms with Crippen molar-refractivity contribution in [2.24, 2.45) is 0 Å². The number of rotatable bonds is 21. The van der Waals surface area contributed by atoms with E-state index in [-0.39, 0.29) is 37.6 Å². The van der Waals surface area contributed by atoms with E-state index in [1.165, 1.54) is 36.8 Å². The van der Waals surface area contributed by atoms with Crippen LogP contribution < -0.4 is 9.47 Å². The molecular formula is C39H46O8. The van der Waals surface area contributed by atoms with E-state index in [0.29, 0.717) is 11.5 Å². The highest BCUT2D eigenvalue weighted by atomic mass is 16.6. The van der Waals surface area contributed by atoms with Gasteiger partial charge in [-0.25, -0.2) is 9.59 Å². The van der Waals surface area contributed by atoms with E-state index in [1.807, 2.05) is 48.5 Å². The van der Waals surface area contributed by atoms with Crippen molar-refractivity contribution in [2.75, 3.05) is 39.6 Å². The molecule has 0 radical (unpaired) electrons. The van der Waals surface area contributed by atoms with Crippen molar-refractivity contribution in [1.29, 1.82) is 0 Å². The Labute approximate surface area is 278 Å². The molecule has 0 bridgehead atoms. The SMILES string of the molecule is C=C(CO)C(=O)OCCOc1ccc(/C=C/c2ccc(-c3ccc(OCCOC(=O)C(=C)CO)cc3)c(CCCCCCC)c2)cc1. The molecule has 0 heterocycles. The maximum atomic E-state index is 11.6. The van der Waals surface area contributed by atoms with Crippen molar-refractivity contribution in [3.05, 3.63) is 108 Å². The fourth-order valence-electron chi connectivity index (χ4n) is 4.64. The molecule has 0 atom stereocenters. The van der Waals surface area contributed by atoms with Gasteiger partial charge in [0.2, 0.25) is 0 Å². The summed E-state index contributed by atoms with van der Waals surface area (Å²) >= 11 is 0. The van der Waals surface area contributed by atoms with Gasteiger partial charge in [0.25, 0.3) is 0 Å². The van der Waals surface area contributed by atoms with Crippen LogP contribution in [0.15, 0.2) is 91.0 Å². The molecule has 0 amide bonds. The molecule has 0 aliphatic rings. The summed E-state index contributed by atoms with van der Waals surface area (Å²) in [5.74, 6) is 0.0821. The Kier molecular flexibility index (Phi) is 16.0. The number of aryl methyl sites for hydroxylation is 1. The zero-order valence-electron chi connectivity index (χ0n) is 27.2. The Morgan fingerprint density at radius 1 is 0.660 bits per heavy atom. The summed E-state index contributed by atoms with van der Waals surface area (Å²) in [6.07, 6.45) is 11.2. The second-order valence-corrected chi connectivity index (χ2v) is 11.0. The maximum Gasteiger partial charge on any atom is 0.335 e. The highest BCUT2D eigenvalue weighted by molar-refractivity contribution is 5.88. The van der Waals surface area contributed by atoms with Crippen LogP contribution in [0.3, 0.4) is 0 Å². The second kappa shape index (κ2) is 20.5. The van der Waals surface area contributed by atoms with Crippen LogP contribution in [-0.2, 0) is 25.5 Å². The van der Waals surface area contributed by atoms with Crippen molar-refractivity contribution in [1.82, 2.24) is 0 Å². The molecule has 2 N–H and O–H groups in total. The third-order valence-corrected chi connectivity index (χ3v) is 7.32. The summed E-state index contributed by atoms with van der Waals surface area (Å²) in [6.45, 7) is 8.77. The number of aliphatic hydroxyl groups excluding tert-OH is 2. The topological polar surface area (TPSA) is 112 Å². The standard InChI is InChI=1S/C39H46O8/c1-4-5-6-7-8-9-34-26-32(11-10-31-12-17-35(18-13-31)44-22-24-46-38(42)29(2)27-40)14-21-37(34)33-15-19-36(20-16-33)45-23-25-47-39(43)30(3)28-41/h10-21,26,40-41H,2-9,22-25,27-28H2,1H3/b11-10+. The minimum atomic E-state index is -0.631. The number of hydrogen-bond acceptors (Lipinski definition) is 8. The van der Waals surface area contributed by atoms with Crippen LogP contribution in [0.5, 0.6) is 11.5 Å². The molecule has 8 heteroatoms. The first-order valence-corrected chi connectivity index (χ1v) is 16.0. The average molecular weight is 643 g/mol. The molecule has 0 saturated heterocycles. The lowest BCUT2D eigenvalue weighted by molar-refractivity contribution is -0.141. The van der Waals surface area contributed by atoms with Crippen molar-refractivity contribution >= 4 is 24.1 Å². The fourth-order valence-corrected chi connectivity index (χ4v) is 4.64. The van der Waals surface area contributed by atoms with E-state index in [4.69, 9.17) is 29.2 Å². The van der Waals surface area contributed by atoms with Gasteiger partial charge >= 0.3 is 11.9 Å². The van der Waals surface area contributed by atoms with Gasteiger partial charge in [-0.1, -0.05) is 100 Å². The predicted molar refractivity (Wildman–Crippen MR) is 185 cm³/mol. The Hall–Kier alpha value is -4.66. The number of hydrogen-bond donors (Lipinski definition) is 2. The lowest BCUT2D eigenvalue weighted by atomic mass is 9.93. The van der Waals surface area contributed by atoms with Crippen molar-refractivity contribution in [3.63, 3.8) is 0 Å². The van der Waals surface area contributed by atoms with Gasteiger partial charge in [0.05, 0.1) is 24.4 Å². The molecule has 0 saturated carbocycles. The molecule has 8 nitrogen and oxygen atoms in total. The molecule has 3 rings (SSSR count). The Morgan fingerprint density at radius 3 is 1.72 bits per heavy atom. The normalized spacial score (nSPS) is 10.9. The van der Waals surface area contributed by atoms with Crippen molar-refractivity contribution < 1.29 is 38.7 Å². The molecule has 0 fully saturated rings. The second-order valence-electron chi connectivity index (χ2n) is 11.0. The maximum absolute atomic E-state index is 11.6. The first-order valence-electron chi connectivity index (χ1n) is 16.0. The molecule has 0 aromatic heterocycles. The smallest absolute Gasteiger partial charge is 0.335 e. The monoisotopic (exact) mass is 642 g/mol. The van der Waals surface area contributed by atoms with E-state index in [1.54, 1.807) is 0 Å². The van der Waals surface area contributed by atoms with Gasteiger partial charge in [0.15, 0.2) is 0 Å². The van der Waals surface area contributed by atoms with Gasteiger partial charge in [0, 0.05) is 0 Å². The Morgan fingerprint density at radius 2 is 1.17 bits per heavy atom. The minimum absolute atomic E-state index is 0.0115. The van der Waals surface area contributed by atoms with E-state index in [0.717, 1.165) is 29.5 Å². The summed E-state index contributed by atoms with van der Waals surface area (Å²) in [5.41, 5.74) is 5.75. The van der Waals surface area contributed by atoms with Crippen LogP contribution in [0.2, 0.25) is 0 Å². The molecule has 3 aromatic rings. The third kappa shape index (κ3) is 12.9. The largest absolute Gasteiger partial charge is 0.490 e. The number of esters is 2. The number of carbonyl (C=O) groups is 2. The average Bonchev–Trinajstić information content (AvgIpc) is 3.10. The number of aliphatic hydroxyl groups is 2. The van der Waals surface area contributed by atoms with Gasteiger partial charge in [-0.2, -0.15) is 0 Å². The van der Waals surface area contributed by atoms with Gasteiger partial charge < -0.3 is 29.2 Å². The zero-order chi connectivity index (χ0) is 33.9. The molecule has 250 valence electrons. The lowest BCUT2D eigenvalue weighted by Crippen LogP contribution is -2.14.